The first kappa shape index (κ1) is 29.4. The molecule has 0 radical (unpaired) electrons. The van der Waals surface area contributed by atoms with Crippen LogP contribution in [0.4, 0.5) is 9.18 Å². The summed E-state index contributed by atoms with van der Waals surface area (Å²) in [6.45, 7) is 5.55. The third kappa shape index (κ3) is 7.68. The normalized spacial score (nSPS) is 16.2. The Balaban J connectivity index is 0.000000934. The van der Waals surface area contributed by atoms with E-state index in [-0.39, 0.29) is 41.8 Å². The highest BCUT2D eigenvalue weighted by Crippen LogP contribution is 2.35. The van der Waals surface area contributed by atoms with Gasteiger partial charge in [-0.25, -0.2) is 9.18 Å². The Morgan fingerprint density at radius 2 is 1.82 bits per heavy atom. The Labute approximate surface area is 226 Å². The lowest BCUT2D eigenvalue weighted by Crippen LogP contribution is -2.41. The van der Waals surface area contributed by atoms with Crippen molar-refractivity contribution in [1.82, 2.24) is 9.80 Å². The minimum Gasteiger partial charge on any atom is -0.491 e. The SMILES string of the molecule is CCc1cc(CN(C2CCC2)C(C)c2ccc(Cl)c(F)c2)ccc1OCCN1C(=O)CCC1=O.O=C(O)O. The number of aryl methyl sites for hydroxylation is 1. The monoisotopic (exact) mass is 548 g/mol. The molecule has 2 aromatic rings. The molecule has 1 unspecified atom stereocenters. The Morgan fingerprint density at radius 3 is 2.37 bits per heavy atom. The highest BCUT2D eigenvalue weighted by atomic mass is 35.5. The molecule has 206 valence electrons. The fraction of sp³-hybridized carbons (Fsp3) is 0.464. The second-order valence-electron chi connectivity index (χ2n) is 9.47. The van der Waals surface area contributed by atoms with Gasteiger partial charge in [0.15, 0.2) is 0 Å². The Bertz CT molecular complexity index is 1140. The molecule has 2 fully saturated rings. The highest BCUT2D eigenvalue weighted by Gasteiger charge is 2.30. The van der Waals surface area contributed by atoms with E-state index in [2.05, 4.69) is 30.9 Å². The predicted octanol–water partition coefficient (Wildman–Crippen LogP) is 5.91. The first-order valence-corrected chi connectivity index (χ1v) is 13.2. The maximum absolute atomic E-state index is 14.1. The Kier molecular flexibility index (Phi) is 10.5. The van der Waals surface area contributed by atoms with Crippen LogP contribution in [0.2, 0.25) is 5.02 Å². The number of nitrogens with zero attached hydrogens (tertiary/aromatic N) is 2. The van der Waals surface area contributed by atoms with Crippen LogP contribution >= 0.6 is 11.6 Å². The average molecular weight is 549 g/mol. The number of likely N-dealkylation sites (tertiary alicyclic amines) is 1. The number of carbonyl (C=O) groups excluding carboxylic acids is 2. The fourth-order valence-electron chi connectivity index (χ4n) is 4.74. The number of rotatable bonds is 10. The zero-order chi connectivity index (χ0) is 27.8. The zero-order valence-electron chi connectivity index (χ0n) is 21.7. The van der Waals surface area contributed by atoms with Crippen molar-refractivity contribution in [3.63, 3.8) is 0 Å². The molecule has 0 bridgehead atoms. The van der Waals surface area contributed by atoms with Crippen molar-refractivity contribution in [3.05, 3.63) is 63.9 Å². The minimum atomic E-state index is -1.83. The van der Waals surface area contributed by atoms with Crippen molar-refractivity contribution in [1.29, 1.82) is 0 Å². The van der Waals surface area contributed by atoms with Gasteiger partial charge in [-0.1, -0.05) is 43.1 Å². The Hall–Kier alpha value is -3.17. The second kappa shape index (κ2) is 13.6. The topological polar surface area (TPSA) is 107 Å². The fourth-order valence-corrected chi connectivity index (χ4v) is 4.86. The zero-order valence-corrected chi connectivity index (χ0v) is 22.4. The van der Waals surface area contributed by atoms with Crippen LogP contribution in [0.1, 0.15) is 68.7 Å². The lowest BCUT2D eigenvalue weighted by atomic mass is 9.88. The molecule has 2 amide bonds. The van der Waals surface area contributed by atoms with Crippen LogP contribution in [0.3, 0.4) is 0 Å². The van der Waals surface area contributed by atoms with Crippen LogP contribution in [0.25, 0.3) is 0 Å². The van der Waals surface area contributed by atoms with Gasteiger partial charge >= 0.3 is 6.16 Å². The number of ether oxygens (including phenoxy) is 1. The molecule has 0 spiro atoms. The van der Waals surface area contributed by atoms with E-state index < -0.39 is 6.16 Å². The molecule has 8 nitrogen and oxygen atoms in total. The summed E-state index contributed by atoms with van der Waals surface area (Å²) in [4.78, 5) is 35.9. The van der Waals surface area contributed by atoms with Crippen molar-refractivity contribution >= 4 is 29.6 Å². The lowest BCUT2D eigenvalue weighted by molar-refractivity contribution is -0.138. The summed E-state index contributed by atoms with van der Waals surface area (Å²) in [5.41, 5.74) is 3.20. The molecule has 1 aliphatic carbocycles. The summed E-state index contributed by atoms with van der Waals surface area (Å²) in [6, 6.07) is 11.8. The van der Waals surface area contributed by atoms with Crippen LogP contribution < -0.4 is 4.74 Å². The quantitative estimate of drug-likeness (QED) is 0.355. The number of amides is 2. The molecule has 1 atom stereocenters. The van der Waals surface area contributed by atoms with E-state index in [1.165, 1.54) is 16.9 Å². The van der Waals surface area contributed by atoms with Gasteiger partial charge in [0.05, 0.1) is 11.6 Å². The second-order valence-corrected chi connectivity index (χ2v) is 9.88. The number of carbonyl (C=O) groups is 3. The molecule has 2 aliphatic rings. The van der Waals surface area contributed by atoms with E-state index in [1.807, 2.05) is 12.1 Å². The summed E-state index contributed by atoms with van der Waals surface area (Å²) in [5, 5.41) is 14.1. The molecule has 2 aromatic carbocycles. The molecular formula is C28H34ClFN2O6. The van der Waals surface area contributed by atoms with Gasteiger partial charge < -0.3 is 14.9 Å². The maximum Gasteiger partial charge on any atom is 0.503 e. The third-order valence-electron chi connectivity index (χ3n) is 7.07. The minimum absolute atomic E-state index is 0.0635. The first-order valence-electron chi connectivity index (χ1n) is 12.8. The van der Waals surface area contributed by atoms with Crippen molar-refractivity contribution in [2.24, 2.45) is 0 Å². The van der Waals surface area contributed by atoms with Gasteiger partial charge in [0.1, 0.15) is 18.2 Å². The Morgan fingerprint density at radius 1 is 1.16 bits per heavy atom. The predicted molar refractivity (Wildman–Crippen MR) is 141 cm³/mol. The number of hydrogen-bond acceptors (Lipinski definition) is 5. The van der Waals surface area contributed by atoms with Crippen LogP contribution in [0.15, 0.2) is 36.4 Å². The maximum atomic E-state index is 14.1. The summed E-state index contributed by atoms with van der Waals surface area (Å²) in [6.07, 6.45) is 3.09. The molecule has 10 heteroatoms. The number of halogens is 2. The van der Waals surface area contributed by atoms with Crippen molar-refractivity contribution in [3.8, 4) is 5.75 Å². The van der Waals surface area contributed by atoms with Gasteiger partial charge in [-0.2, -0.15) is 0 Å². The van der Waals surface area contributed by atoms with E-state index in [4.69, 9.17) is 31.3 Å². The van der Waals surface area contributed by atoms with Gasteiger partial charge in [0, 0.05) is 31.5 Å². The molecule has 1 saturated carbocycles. The largest absolute Gasteiger partial charge is 0.503 e. The summed E-state index contributed by atoms with van der Waals surface area (Å²) < 4.78 is 20.1. The standard InChI is InChI=1S/C27H32ClFN2O3.CH2O3/c1-3-20-15-19(7-10-25(20)34-14-13-30-26(32)11-12-27(30)33)17-31(22-5-4-6-22)18(2)21-8-9-23(28)24(29)16-21;2-1(3)4/h7-10,15-16,18,22H,3-6,11-14,17H2,1-2H3;(H2,2,3,4). The van der Waals surface area contributed by atoms with Crippen molar-refractivity contribution in [2.75, 3.05) is 13.2 Å². The summed E-state index contributed by atoms with van der Waals surface area (Å²) >= 11 is 5.89. The van der Waals surface area contributed by atoms with E-state index in [0.717, 1.165) is 42.7 Å². The van der Waals surface area contributed by atoms with Crippen molar-refractivity contribution < 1.29 is 33.7 Å². The number of benzene rings is 2. The van der Waals surface area contributed by atoms with Crippen LogP contribution in [0, 0.1) is 5.82 Å². The van der Waals surface area contributed by atoms with Crippen molar-refractivity contribution in [2.45, 2.75) is 71.0 Å². The number of carboxylic acid groups (broad SMARTS) is 2. The smallest absolute Gasteiger partial charge is 0.491 e. The molecule has 1 heterocycles. The van der Waals surface area contributed by atoms with Gasteiger partial charge in [0.2, 0.25) is 11.8 Å². The van der Waals surface area contributed by atoms with Crippen LogP contribution in [0.5, 0.6) is 5.75 Å². The molecular weight excluding hydrogens is 515 g/mol. The highest BCUT2D eigenvalue weighted by molar-refractivity contribution is 6.30. The summed E-state index contributed by atoms with van der Waals surface area (Å²) in [7, 11) is 0. The van der Waals surface area contributed by atoms with Crippen LogP contribution in [-0.4, -0.2) is 57.2 Å². The number of hydrogen-bond donors (Lipinski definition) is 2. The van der Waals surface area contributed by atoms with Gasteiger partial charge in [-0.05, 0) is 61.1 Å². The van der Waals surface area contributed by atoms with E-state index >= 15 is 0 Å². The third-order valence-corrected chi connectivity index (χ3v) is 7.37. The number of imide groups is 1. The van der Waals surface area contributed by atoms with E-state index in [1.54, 1.807) is 12.1 Å². The van der Waals surface area contributed by atoms with E-state index in [0.29, 0.717) is 18.9 Å². The van der Waals surface area contributed by atoms with E-state index in [9.17, 15) is 14.0 Å². The molecule has 2 N–H and O–H groups in total. The molecule has 1 saturated heterocycles. The first-order chi connectivity index (χ1) is 18.1. The van der Waals surface area contributed by atoms with Crippen LogP contribution in [-0.2, 0) is 22.6 Å². The summed E-state index contributed by atoms with van der Waals surface area (Å²) in [5.74, 6) is 0.163. The molecule has 0 aromatic heterocycles. The molecule has 4 rings (SSSR count). The van der Waals surface area contributed by atoms with Gasteiger partial charge in [-0.3, -0.25) is 19.4 Å². The average Bonchev–Trinajstić information content (AvgIpc) is 3.16. The molecule has 38 heavy (non-hydrogen) atoms. The lowest BCUT2D eigenvalue weighted by Gasteiger charge is -2.41. The van der Waals surface area contributed by atoms with Gasteiger partial charge in [-0.15, -0.1) is 0 Å². The van der Waals surface area contributed by atoms with Gasteiger partial charge in [0.25, 0.3) is 0 Å². The molecule has 1 aliphatic heterocycles.